The molecule has 1 aromatic carbocycles. The number of hydrazine groups is 1. The van der Waals surface area contributed by atoms with E-state index >= 15 is 0 Å². The van der Waals surface area contributed by atoms with Gasteiger partial charge < -0.3 is 10.7 Å². The highest BCUT2D eigenvalue weighted by Gasteiger charge is 2.26. The molecule has 3 rings (SSSR count). The van der Waals surface area contributed by atoms with Crippen LogP contribution in [0.2, 0.25) is 0 Å². The smallest absolute Gasteiger partial charge is 0.0858 e. The molecule has 0 radical (unpaired) electrons. The van der Waals surface area contributed by atoms with Crippen molar-refractivity contribution < 1.29 is 0 Å². The number of fused-ring (bicyclic) bond motifs is 1. The molecule has 0 amide bonds. The van der Waals surface area contributed by atoms with Crippen molar-refractivity contribution in [1.29, 1.82) is 0 Å². The molecular formula is C12H14N4. The number of rotatable bonds is 1. The molecule has 16 heavy (non-hydrogen) atoms. The molecule has 2 aliphatic heterocycles. The summed E-state index contributed by atoms with van der Waals surface area (Å²) in [6, 6.07) is 8.54. The zero-order valence-corrected chi connectivity index (χ0v) is 9.07. The van der Waals surface area contributed by atoms with Crippen LogP contribution in [0.25, 0.3) is 0 Å². The lowest BCUT2D eigenvalue weighted by molar-refractivity contribution is 0.560. The number of nitrogens with one attached hydrogen (secondary N) is 3. The minimum Gasteiger partial charge on any atom is -0.374 e. The van der Waals surface area contributed by atoms with Crippen LogP contribution in [0, 0.1) is 0 Å². The predicted molar refractivity (Wildman–Crippen MR) is 65.8 cm³/mol. The van der Waals surface area contributed by atoms with Gasteiger partial charge in [-0.2, -0.15) is 0 Å². The van der Waals surface area contributed by atoms with Crippen LogP contribution >= 0.6 is 0 Å². The summed E-state index contributed by atoms with van der Waals surface area (Å²) in [7, 11) is 0. The second-order valence-electron chi connectivity index (χ2n) is 4.12. The van der Waals surface area contributed by atoms with Crippen molar-refractivity contribution in [2.45, 2.75) is 19.0 Å². The fourth-order valence-electron chi connectivity index (χ4n) is 2.08. The third-order valence-electron chi connectivity index (χ3n) is 2.99. The van der Waals surface area contributed by atoms with E-state index in [2.05, 4.69) is 34.2 Å². The monoisotopic (exact) mass is 214 g/mol. The van der Waals surface area contributed by atoms with E-state index < -0.39 is 0 Å². The van der Waals surface area contributed by atoms with Crippen molar-refractivity contribution in [2.24, 2.45) is 4.99 Å². The van der Waals surface area contributed by atoms with Gasteiger partial charge in [0.25, 0.3) is 0 Å². The molecule has 0 bridgehead atoms. The van der Waals surface area contributed by atoms with Crippen LogP contribution in [0.5, 0.6) is 0 Å². The summed E-state index contributed by atoms with van der Waals surface area (Å²) in [4.78, 5) is 4.47. The van der Waals surface area contributed by atoms with Crippen LogP contribution in [0.1, 0.15) is 6.92 Å². The van der Waals surface area contributed by atoms with Gasteiger partial charge in [-0.15, -0.1) is 0 Å². The van der Waals surface area contributed by atoms with E-state index in [1.807, 2.05) is 30.6 Å². The second-order valence-corrected chi connectivity index (χ2v) is 4.12. The van der Waals surface area contributed by atoms with Crippen LogP contribution in [0.3, 0.4) is 0 Å². The Balaban J connectivity index is 1.86. The van der Waals surface area contributed by atoms with Crippen LogP contribution in [0.15, 0.2) is 41.0 Å². The molecule has 0 aromatic heterocycles. The minimum atomic E-state index is 0.196. The molecule has 0 aliphatic carbocycles. The Labute approximate surface area is 94.4 Å². The lowest BCUT2D eigenvalue weighted by Crippen LogP contribution is -2.46. The quantitative estimate of drug-likeness (QED) is 0.665. The average molecular weight is 214 g/mol. The molecule has 4 nitrogen and oxygen atoms in total. The molecule has 2 atom stereocenters. The molecule has 4 heteroatoms. The molecule has 82 valence electrons. The van der Waals surface area contributed by atoms with Crippen LogP contribution in [0.4, 0.5) is 11.4 Å². The third kappa shape index (κ3) is 1.47. The van der Waals surface area contributed by atoms with Gasteiger partial charge in [0.1, 0.15) is 0 Å². The number of aliphatic imine (C=N–C) groups is 1. The van der Waals surface area contributed by atoms with Gasteiger partial charge in [-0.25, -0.2) is 5.43 Å². The van der Waals surface area contributed by atoms with E-state index in [1.165, 1.54) is 5.57 Å². The summed E-state index contributed by atoms with van der Waals surface area (Å²) < 4.78 is 0. The van der Waals surface area contributed by atoms with Gasteiger partial charge in [-0.05, 0) is 24.6 Å². The summed E-state index contributed by atoms with van der Waals surface area (Å²) >= 11 is 0. The zero-order chi connectivity index (χ0) is 11.0. The number of benzene rings is 1. The molecule has 2 heterocycles. The number of nitrogens with zero attached hydrogens (tertiary/aromatic N) is 1. The van der Waals surface area contributed by atoms with Crippen molar-refractivity contribution >= 4 is 17.6 Å². The highest BCUT2D eigenvalue weighted by atomic mass is 15.4. The second kappa shape index (κ2) is 3.64. The molecular weight excluding hydrogens is 200 g/mol. The Kier molecular flexibility index (Phi) is 2.15. The maximum absolute atomic E-state index is 4.47. The van der Waals surface area contributed by atoms with E-state index in [9.17, 15) is 0 Å². The number of para-hydroxylation sites is 2. The molecule has 0 spiro atoms. The fourth-order valence-corrected chi connectivity index (χ4v) is 2.08. The molecule has 2 unspecified atom stereocenters. The van der Waals surface area contributed by atoms with E-state index in [4.69, 9.17) is 0 Å². The largest absolute Gasteiger partial charge is 0.374 e. The topological polar surface area (TPSA) is 48.5 Å². The Morgan fingerprint density at radius 3 is 2.94 bits per heavy atom. The van der Waals surface area contributed by atoms with Crippen LogP contribution < -0.4 is 16.2 Å². The van der Waals surface area contributed by atoms with Crippen molar-refractivity contribution in [1.82, 2.24) is 10.9 Å². The van der Waals surface area contributed by atoms with Crippen LogP contribution in [-0.4, -0.2) is 18.3 Å². The van der Waals surface area contributed by atoms with Crippen molar-refractivity contribution in [3.8, 4) is 0 Å². The number of anilines is 1. The maximum atomic E-state index is 4.47. The Hall–Kier alpha value is -1.81. The van der Waals surface area contributed by atoms with Crippen LogP contribution in [-0.2, 0) is 0 Å². The van der Waals surface area contributed by atoms with E-state index in [-0.39, 0.29) is 12.1 Å². The molecule has 0 saturated heterocycles. The normalized spacial score (nSPS) is 26.7. The minimum absolute atomic E-state index is 0.196. The zero-order valence-electron chi connectivity index (χ0n) is 9.07. The molecule has 1 aromatic rings. The first-order valence-corrected chi connectivity index (χ1v) is 5.42. The highest BCUT2D eigenvalue weighted by Crippen LogP contribution is 2.28. The molecule has 3 N–H and O–H groups in total. The summed E-state index contributed by atoms with van der Waals surface area (Å²) in [5, 5.41) is 3.48. The SMILES string of the molecule is CC1=CNNC1C1C=Nc2ccccc2N1. The van der Waals surface area contributed by atoms with Gasteiger partial charge >= 0.3 is 0 Å². The third-order valence-corrected chi connectivity index (χ3v) is 2.99. The van der Waals surface area contributed by atoms with Gasteiger partial charge in [-0.1, -0.05) is 12.1 Å². The van der Waals surface area contributed by atoms with E-state index in [0.717, 1.165) is 11.4 Å². The first-order chi connectivity index (χ1) is 7.84. The standard InChI is InChI=1S/C12H14N4/c1-8-6-14-16-12(8)11-7-13-9-4-2-3-5-10(9)15-11/h2-7,11-12,14-16H,1H3. The Morgan fingerprint density at radius 2 is 2.12 bits per heavy atom. The summed E-state index contributed by atoms with van der Waals surface area (Å²) in [6.07, 6.45) is 3.95. The maximum Gasteiger partial charge on any atom is 0.0858 e. The number of hydrogen-bond donors (Lipinski definition) is 3. The van der Waals surface area contributed by atoms with Gasteiger partial charge in [0.05, 0.1) is 23.5 Å². The van der Waals surface area contributed by atoms with Crippen molar-refractivity contribution in [3.05, 3.63) is 36.0 Å². The Bertz CT molecular complexity index is 464. The predicted octanol–water partition coefficient (Wildman–Crippen LogP) is 1.56. The highest BCUT2D eigenvalue weighted by molar-refractivity contribution is 5.84. The summed E-state index contributed by atoms with van der Waals surface area (Å²) in [5.41, 5.74) is 9.62. The van der Waals surface area contributed by atoms with Gasteiger partial charge in [0.2, 0.25) is 0 Å². The first-order valence-electron chi connectivity index (χ1n) is 5.42. The lowest BCUT2D eigenvalue weighted by Gasteiger charge is -2.26. The van der Waals surface area contributed by atoms with Crippen molar-refractivity contribution in [2.75, 3.05) is 5.32 Å². The van der Waals surface area contributed by atoms with Crippen molar-refractivity contribution in [3.63, 3.8) is 0 Å². The van der Waals surface area contributed by atoms with E-state index in [1.54, 1.807) is 0 Å². The van der Waals surface area contributed by atoms with Gasteiger partial charge in [-0.3, -0.25) is 4.99 Å². The number of hydrogen-bond acceptors (Lipinski definition) is 4. The average Bonchev–Trinajstić information content (AvgIpc) is 2.75. The molecule has 0 fully saturated rings. The molecule has 0 saturated carbocycles. The first kappa shape index (κ1) is 9.42. The van der Waals surface area contributed by atoms with E-state index in [0.29, 0.717) is 0 Å². The summed E-state index contributed by atoms with van der Waals surface area (Å²) in [6.45, 7) is 2.10. The Morgan fingerprint density at radius 1 is 1.25 bits per heavy atom. The summed E-state index contributed by atoms with van der Waals surface area (Å²) in [5.74, 6) is 0. The fraction of sp³-hybridized carbons (Fsp3) is 0.250. The molecule has 2 aliphatic rings. The van der Waals surface area contributed by atoms with Gasteiger partial charge in [0.15, 0.2) is 0 Å². The lowest BCUT2D eigenvalue weighted by atomic mass is 10.0. The van der Waals surface area contributed by atoms with Gasteiger partial charge in [0, 0.05) is 12.4 Å².